The first-order valence-electron chi connectivity index (χ1n) is 10.1. The molecule has 166 valence electrons. The van der Waals surface area contributed by atoms with Crippen molar-refractivity contribution < 1.29 is 9.46 Å². The first kappa shape index (κ1) is 26.4. The highest BCUT2D eigenvalue weighted by Crippen LogP contribution is 2.64. The van der Waals surface area contributed by atoms with Crippen LogP contribution in [0.1, 0.15) is 16.7 Å². The highest BCUT2D eigenvalue weighted by molar-refractivity contribution is 8.03. The molecule has 0 saturated heterocycles. The van der Waals surface area contributed by atoms with E-state index in [2.05, 4.69) is 113 Å². The number of halogens is 3. The Balaban J connectivity index is 0.000000614. The van der Waals surface area contributed by atoms with Gasteiger partial charge in [0.25, 0.3) is 0 Å². The molecule has 0 heterocycles. The molecule has 0 amide bonds. The summed E-state index contributed by atoms with van der Waals surface area (Å²) in [6, 6.07) is 32.3. The summed E-state index contributed by atoms with van der Waals surface area (Å²) in [5.41, 5.74) is 4.20. The molecule has 31 heavy (non-hydrogen) atoms. The van der Waals surface area contributed by atoms with E-state index in [1.807, 2.05) is 0 Å². The summed E-state index contributed by atoms with van der Waals surface area (Å²) < 4.78 is 9.19. The van der Waals surface area contributed by atoms with E-state index in [0.29, 0.717) is 0 Å². The lowest BCUT2D eigenvalue weighted by molar-refractivity contribution is -0.162. The zero-order valence-corrected chi connectivity index (χ0v) is 21.3. The zero-order valence-electron chi connectivity index (χ0n) is 17.2. The first-order chi connectivity index (χ1) is 14.7. The fourth-order valence-electron chi connectivity index (χ4n) is 3.26. The van der Waals surface area contributed by atoms with Crippen LogP contribution in [0.5, 0.6) is 0 Å². The van der Waals surface area contributed by atoms with Crippen molar-refractivity contribution in [3.8, 4) is 0 Å². The number of aryl methyl sites for hydroxylation is 3. The minimum atomic E-state index is -3.94. The topological polar surface area (TPSA) is 40.1 Å². The molecule has 0 saturated carbocycles. The van der Waals surface area contributed by atoms with Crippen molar-refractivity contribution in [3.63, 3.8) is 0 Å². The quantitative estimate of drug-likeness (QED) is 0.273. The van der Waals surface area contributed by atoms with Gasteiger partial charge in [0.05, 0.1) is 29.7 Å². The molecule has 7 heteroatoms. The molecule has 0 N–H and O–H groups in total. The van der Waals surface area contributed by atoms with Gasteiger partial charge in [-0.3, -0.25) is 0 Å². The number of hydrogen-bond acceptors (Lipinski definition) is 2. The minimum Gasteiger partial charge on any atom is -0.776 e. The summed E-state index contributed by atoms with van der Waals surface area (Å²) in [6.45, 7) is -1.49. The van der Waals surface area contributed by atoms with Crippen molar-refractivity contribution in [1.29, 1.82) is 0 Å². The van der Waals surface area contributed by atoms with E-state index < -0.39 is 12.7 Å². The Hall–Kier alpha value is -0.850. The predicted octanol–water partition coefficient (Wildman–Crippen LogP) is 7.82. The van der Waals surface area contributed by atoms with Crippen LogP contribution < -0.4 is 4.89 Å². The van der Waals surface area contributed by atoms with Gasteiger partial charge in [-0.15, -0.1) is 0 Å². The van der Waals surface area contributed by atoms with Crippen molar-refractivity contribution in [2.24, 2.45) is 0 Å². The van der Waals surface area contributed by atoms with Gasteiger partial charge >= 0.3 is 0 Å². The average Bonchev–Trinajstić information content (AvgIpc) is 2.76. The van der Waals surface area contributed by atoms with E-state index in [0.717, 1.165) is 37.7 Å². The van der Waals surface area contributed by atoms with Crippen molar-refractivity contribution >= 4 is 46.4 Å². The lowest BCUT2D eigenvalue weighted by atomic mass is 10.2. The number of benzene rings is 3. The first-order valence-corrected chi connectivity index (χ1v) is 16.8. The summed E-state index contributed by atoms with van der Waals surface area (Å²) in [6.07, 6.45) is 2.68. The molecule has 3 rings (SSSR count). The van der Waals surface area contributed by atoms with E-state index in [9.17, 15) is 9.46 Å². The molecule has 0 aromatic heterocycles. The second-order valence-corrected chi connectivity index (χ2v) is 16.9. The smallest absolute Gasteiger partial charge is 0.186 e. The Kier molecular flexibility index (Phi) is 11.6. The monoisotopic (exact) mass is 514 g/mol. The van der Waals surface area contributed by atoms with Gasteiger partial charge in [0.2, 0.25) is 0 Å². The molecular formula is C24H27Cl3O2P2. The van der Waals surface area contributed by atoms with Crippen LogP contribution in [-0.2, 0) is 23.8 Å². The molecule has 0 bridgehead atoms. The van der Waals surface area contributed by atoms with Crippen LogP contribution in [0.15, 0.2) is 91.0 Å². The summed E-state index contributed by atoms with van der Waals surface area (Å²) in [4.78, 5) is 9.19. The van der Waals surface area contributed by atoms with Gasteiger partial charge in [0, 0.05) is 19.3 Å². The highest BCUT2D eigenvalue weighted by Gasteiger charge is 2.35. The zero-order chi connectivity index (χ0) is 22.6. The van der Waals surface area contributed by atoms with Crippen LogP contribution in [0.25, 0.3) is 0 Å². The van der Waals surface area contributed by atoms with Gasteiger partial charge in [0.1, 0.15) is 6.62 Å². The van der Waals surface area contributed by atoms with E-state index in [-0.39, 0.29) is 0 Å². The normalized spacial score (nSPS) is 11.5. The third-order valence-electron chi connectivity index (χ3n) is 4.93. The van der Waals surface area contributed by atoms with E-state index >= 15 is 0 Å². The standard InChI is InChI=1S/C24H27ClP.Cl2HO2P/c25-26(19-16-22-10-4-1-5-11-22,20-17-23-12-6-2-7-13-23)21-18-24-14-8-3-9-15-24;1-5(2,3)4/h1-15H,16-21H2;(H,3,4)/q+1;/p-1. The molecule has 0 fully saturated rings. The molecule has 3 aromatic carbocycles. The summed E-state index contributed by atoms with van der Waals surface area (Å²) in [5, 5.41) is 0. The maximum Gasteiger partial charge on any atom is 0.186 e. The fraction of sp³-hybridized carbons (Fsp3) is 0.250. The average molecular weight is 516 g/mol. The van der Waals surface area contributed by atoms with Gasteiger partial charge in [-0.05, 0) is 16.7 Å². The second-order valence-electron chi connectivity index (χ2n) is 7.32. The van der Waals surface area contributed by atoms with Gasteiger partial charge < -0.3 is 9.46 Å². The van der Waals surface area contributed by atoms with E-state index in [1.54, 1.807) is 0 Å². The molecule has 3 aromatic rings. The lowest BCUT2D eigenvalue weighted by Gasteiger charge is -2.20. The molecule has 0 unspecified atom stereocenters. The largest absolute Gasteiger partial charge is 0.776 e. The van der Waals surface area contributed by atoms with Crippen molar-refractivity contribution in [3.05, 3.63) is 108 Å². The van der Waals surface area contributed by atoms with Gasteiger partial charge in [-0.1, -0.05) is 113 Å². The Bertz CT molecular complexity index is 805. The van der Waals surface area contributed by atoms with E-state index in [4.69, 9.17) is 11.2 Å². The fourth-order valence-corrected chi connectivity index (χ4v) is 6.67. The summed E-state index contributed by atoms with van der Waals surface area (Å²) in [7, 11) is 0. The lowest BCUT2D eigenvalue weighted by Crippen LogP contribution is -2.09. The van der Waals surface area contributed by atoms with Crippen LogP contribution in [0, 0.1) is 0 Å². The van der Waals surface area contributed by atoms with Crippen LogP contribution in [0.4, 0.5) is 0 Å². The molecule has 0 aliphatic heterocycles. The Morgan fingerprint density at radius 3 is 1.06 bits per heavy atom. The summed E-state index contributed by atoms with van der Waals surface area (Å²) in [5.74, 6) is 0. The van der Waals surface area contributed by atoms with Gasteiger partial charge in [-0.25, -0.2) is 0 Å². The Morgan fingerprint density at radius 1 is 0.613 bits per heavy atom. The van der Waals surface area contributed by atoms with Crippen molar-refractivity contribution in [2.75, 3.05) is 18.5 Å². The number of rotatable bonds is 9. The van der Waals surface area contributed by atoms with Crippen LogP contribution in [0.2, 0.25) is 0 Å². The molecule has 0 aliphatic rings. The Labute approximate surface area is 200 Å². The van der Waals surface area contributed by atoms with Crippen LogP contribution in [0.3, 0.4) is 0 Å². The van der Waals surface area contributed by atoms with Gasteiger partial charge in [0.15, 0.2) is 6.07 Å². The van der Waals surface area contributed by atoms with Crippen LogP contribution in [-0.4, -0.2) is 18.5 Å². The van der Waals surface area contributed by atoms with Gasteiger partial charge in [-0.2, -0.15) is 0 Å². The summed E-state index contributed by atoms with van der Waals surface area (Å²) >= 11 is 15.9. The maximum absolute atomic E-state index is 9.19. The molecule has 0 spiro atoms. The molecule has 0 atom stereocenters. The van der Waals surface area contributed by atoms with E-state index in [1.165, 1.54) is 16.7 Å². The highest BCUT2D eigenvalue weighted by atomic mass is 35.9. The van der Waals surface area contributed by atoms with Crippen LogP contribution >= 0.6 is 46.4 Å². The predicted molar refractivity (Wildman–Crippen MR) is 137 cm³/mol. The van der Waals surface area contributed by atoms with Crippen molar-refractivity contribution in [2.45, 2.75) is 19.3 Å². The third kappa shape index (κ3) is 12.7. The minimum absolute atomic E-state index is 1.09. The maximum atomic E-state index is 9.19. The molecule has 0 aliphatic carbocycles. The molecular weight excluding hydrogens is 489 g/mol. The number of hydrogen-bond donors (Lipinski definition) is 0. The van der Waals surface area contributed by atoms with Crippen molar-refractivity contribution in [1.82, 2.24) is 0 Å². The molecule has 0 radical (unpaired) electrons. The SMILES string of the molecule is Cl[P+](CCc1ccccc1)(CCc1ccccc1)CCc1ccccc1.O=P([O-])(Cl)Cl. The second kappa shape index (κ2) is 13.6. The third-order valence-corrected chi connectivity index (χ3v) is 9.53. The Morgan fingerprint density at radius 2 is 0.839 bits per heavy atom. The molecule has 2 nitrogen and oxygen atoms in total.